The molecule has 0 aliphatic carbocycles. The fourth-order valence-corrected chi connectivity index (χ4v) is 0.848. The van der Waals surface area contributed by atoms with Crippen molar-refractivity contribution < 1.29 is 20.1 Å². The molecule has 2 atom stereocenters. The predicted octanol–water partition coefficient (Wildman–Crippen LogP) is -0.439. The maximum absolute atomic E-state index is 10.3. The molecule has 5 nitrogen and oxygen atoms in total. The van der Waals surface area contributed by atoms with Gasteiger partial charge in [-0.3, -0.25) is 4.98 Å². The number of carboxylic acids is 1. The second kappa shape index (κ2) is 3.97. The lowest BCUT2D eigenvalue weighted by molar-refractivity contribution is -0.153. The molecule has 2 unspecified atom stereocenters. The minimum absolute atomic E-state index is 0.136. The van der Waals surface area contributed by atoms with E-state index in [0.717, 1.165) is 0 Å². The topological polar surface area (TPSA) is 90.7 Å². The monoisotopic (exact) mass is 183 g/mol. The second-order valence-corrected chi connectivity index (χ2v) is 2.48. The zero-order valence-corrected chi connectivity index (χ0v) is 6.66. The van der Waals surface area contributed by atoms with Gasteiger partial charge in [-0.25, -0.2) is 4.79 Å². The van der Waals surface area contributed by atoms with Gasteiger partial charge in [-0.2, -0.15) is 0 Å². The highest BCUT2D eigenvalue weighted by Gasteiger charge is 2.25. The molecule has 0 bridgehead atoms. The van der Waals surface area contributed by atoms with Crippen molar-refractivity contribution in [1.29, 1.82) is 0 Å². The van der Waals surface area contributed by atoms with E-state index in [4.69, 9.17) is 10.2 Å². The summed E-state index contributed by atoms with van der Waals surface area (Å²) in [6, 6.07) is 4.67. The van der Waals surface area contributed by atoms with Crippen molar-refractivity contribution in [3.63, 3.8) is 0 Å². The first-order valence-corrected chi connectivity index (χ1v) is 3.63. The number of aliphatic hydroxyl groups is 2. The van der Waals surface area contributed by atoms with Crippen LogP contribution < -0.4 is 0 Å². The lowest BCUT2D eigenvalue weighted by Crippen LogP contribution is -2.27. The lowest BCUT2D eigenvalue weighted by atomic mass is 10.1. The van der Waals surface area contributed by atoms with Gasteiger partial charge in [0.2, 0.25) is 0 Å². The van der Waals surface area contributed by atoms with Crippen molar-refractivity contribution >= 4 is 5.97 Å². The van der Waals surface area contributed by atoms with Crippen LogP contribution in [-0.4, -0.2) is 32.4 Å². The summed E-state index contributed by atoms with van der Waals surface area (Å²) in [6.45, 7) is 0. The minimum Gasteiger partial charge on any atom is -0.479 e. The van der Waals surface area contributed by atoms with E-state index in [1.165, 1.54) is 12.3 Å². The van der Waals surface area contributed by atoms with E-state index in [1.54, 1.807) is 12.1 Å². The summed E-state index contributed by atoms with van der Waals surface area (Å²) in [5, 5.41) is 26.6. The predicted molar refractivity (Wildman–Crippen MR) is 42.8 cm³/mol. The van der Waals surface area contributed by atoms with Gasteiger partial charge in [0.15, 0.2) is 6.10 Å². The van der Waals surface area contributed by atoms with Crippen LogP contribution in [0.5, 0.6) is 0 Å². The van der Waals surface area contributed by atoms with Gasteiger partial charge >= 0.3 is 5.97 Å². The summed E-state index contributed by atoms with van der Waals surface area (Å²) >= 11 is 0. The number of carbonyl (C=O) groups is 1. The van der Waals surface area contributed by atoms with Crippen molar-refractivity contribution in [1.82, 2.24) is 4.98 Å². The van der Waals surface area contributed by atoms with Crippen LogP contribution in [-0.2, 0) is 4.79 Å². The zero-order valence-electron chi connectivity index (χ0n) is 6.66. The Bertz CT molecular complexity index is 287. The molecule has 0 aliphatic rings. The van der Waals surface area contributed by atoms with Crippen LogP contribution in [0.3, 0.4) is 0 Å². The van der Waals surface area contributed by atoms with Gasteiger partial charge in [-0.15, -0.1) is 0 Å². The highest BCUT2D eigenvalue weighted by molar-refractivity contribution is 5.72. The first-order valence-electron chi connectivity index (χ1n) is 3.63. The fraction of sp³-hybridized carbons (Fsp3) is 0.250. The van der Waals surface area contributed by atoms with Crippen LogP contribution in [0.15, 0.2) is 24.4 Å². The van der Waals surface area contributed by atoms with Crippen LogP contribution in [0.25, 0.3) is 0 Å². The fourth-order valence-electron chi connectivity index (χ4n) is 0.848. The van der Waals surface area contributed by atoms with Crippen molar-refractivity contribution in [3.8, 4) is 0 Å². The maximum Gasteiger partial charge on any atom is 0.335 e. The van der Waals surface area contributed by atoms with Crippen molar-refractivity contribution in [2.45, 2.75) is 12.2 Å². The van der Waals surface area contributed by atoms with Gasteiger partial charge in [0.25, 0.3) is 0 Å². The molecule has 0 radical (unpaired) electrons. The number of aliphatic carboxylic acids is 1. The van der Waals surface area contributed by atoms with Gasteiger partial charge in [-0.1, -0.05) is 6.07 Å². The molecule has 1 heterocycles. The Kier molecular flexibility index (Phi) is 2.94. The average Bonchev–Trinajstić information content (AvgIpc) is 2.17. The maximum atomic E-state index is 10.3. The number of hydrogen-bond acceptors (Lipinski definition) is 4. The molecule has 1 rings (SSSR count). The molecule has 0 amide bonds. The van der Waals surface area contributed by atoms with E-state index in [9.17, 15) is 9.90 Å². The zero-order chi connectivity index (χ0) is 9.84. The molecule has 0 saturated heterocycles. The van der Waals surface area contributed by atoms with Crippen LogP contribution in [0, 0.1) is 0 Å². The number of aliphatic hydroxyl groups excluding tert-OH is 2. The number of nitrogens with zero attached hydrogens (tertiary/aromatic N) is 1. The molecule has 0 spiro atoms. The molecular weight excluding hydrogens is 174 g/mol. The summed E-state index contributed by atoms with van der Waals surface area (Å²) in [5.41, 5.74) is 0.136. The molecule has 0 fully saturated rings. The smallest absolute Gasteiger partial charge is 0.335 e. The van der Waals surface area contributed by atoms with E-state index >= 15 is 0 Å². The minimum atomic E-state index is -1.84. The van der Waals surface area contributed by atoms with Crippen LogP contribution in [0.2, 0.25) is 0 Å². The summed E-state index contributed by atoms with van der Waals surface area (Å²) < 4.78 is 0. The molecule has 13 heavy (non-hydrogen) atoms. The standard InChI is InChI=1S/C8H9NO4/c10-6(7(11)8(12)13)5-3-1-2-4-9-5/h1-4,6-7,10-11H,(H,12,13). The third kappa shape index (κ3) is 2.24. The molecule has 1 aromatic heterocycles. The van der Waals surface area contributed by atoms with Crippen molar-refractivity contribution in [2.24, 2.45) is 0 Å². The van der Waals surface area contributed by atoms with Gasteiger partial charge in [0.05, 0.1) is 5.69 Å². The summed E-state index contributed by atoms with van der Waals surface area (Å²) in [4.78, 5) is 14.0. The number of pyridine rings is 1. The van der Waals surface area contributed by atoms with E-state index in [2.05, 4.69) is 4.98 Å². The molecule has 0 aliphatic heterocycles. The summed E-state index contributed by atoms with van der Waals surface area (Å²) in [6.07, 6.45) is -1.92. The Morgan fingerprint density at radius 3 is 2.54 bits per heavy atom. The molecule has 0 saturated carbocycles. The van der Waals surface area contributed by atoms with Crippen LogP contribution >= 0.6 is 0 Å². The molecule has 70 valence electrons. The number of rotatable bonds is 3. The second-order valence-electron chi connectivity index (χ2n) is 2.48. The Hall–Kier alpha value is -1.46. The highest BCUT2D eigenvalue weighted by Crippen LogP contribution is 2.13. The molecule has 0 aromatic carbocycles. The third-order valence-corrected chi connectivity index (χ3v) is 1.54. The van der Waals surface area contributed by atoms with Crippen molar-refractivity contribution in [3.05, 3.63) is 30.1 Å². The van der Waals surface area contributed by atoms with Crippen LogP contribution in [0.4, 0.5) is 0 Å². The number of aromatic nitrogens is 1. The van der Waals surface area contributed by atoms with E-state index in [0.29, 0.717) is 0 Å². The SMILES string of the molecule is O=C(O)C(O)C(O)c1ccccn1. The van der Waals surface area contributed by atoms with E-state index in [1.807, 2.05) is 0 Å². The first kappa shape index (κ1) is 9.63. The quantitative estimate of drug-likeness (QED) is 0.591. The molecule has 1 aromatic rings. The Morgan fingerprint density at radius 2 is 2.08 bits per heavy atom. The number of carboxylic acid groups (broad SMARTS) is 1. The van der Waals surface area contributed by atoms with Gasteiger partial charge in [-0.05, 0) is 12.1 Å². The van der Waals surface area contributed by atoms with Crippen LogP contribution in [0.1, 0.15) is 11.8 Å². The summed E-state index contributed by atoms with van der Waals surface area (Å²) in [7, 11) is 0. The van der Waals surface area contributed by atoms with E-state index in [-0.39, 0.29) is 5.69 Å². The molecule has 5 heteroatoms. The van der Waals surface area contributed by atoms with Gasteiger partial charge < -0.3 is 15.3 Å². The van der Waals surface area contributed by atoms with E-state index < -0.39 is 18.2 Å². The highest BCUT2D eigenvalue weighted by atomic mass is 16.4. The van der Waals surface area contributed by atoms with Gasteiger partial charge in [0, 0.05) is 6.20 Å². The average molecular weight is 183 g/mol. The lowest BCUT2D eigenvalue weighted by Gasteiger charge is -2.12. The Labute approximate surface area is 74.3 Å². The first-order chi connectivity index (χ1) is 6.13. The third-order valence-electron chi connectivity index (χ3n) is 1.54. The Morgan fingerprint density at radius 1 is 1.38 bits per heavy atom. The van der Waals surface area contributed by atoms with Gasteiger partial charge in [0.1, 0.15) is 6.10 Å². The van der Waals surface area contributed by atoms with Crippen molar-refractivity contribution in [2.75, 3.05) is 0 Å². The number of hydrogen-bond donors (Lipinski definition) is 3. The normalized spacial score (nSPS) is 14.9. The summed E-state index contributed by atoms with van der Waals surface area (Å²) in [5.74, 6) is -1.47. The largest absolute Gasteiger partial charge is 0.479 e. The molecular formula is C8H9NO4. The molecule has 3 N–H and O–H groups in total. The Balaban J connectivity index is 2.79.